The summed E-state index contributed by atoms with van der Waals surface area (Å²) in [4.78, 5) is 14.0. The predicted molar refractivity (Wildman–Crippen MR) is 72.1 cm³/mol. The van der Waals surface area contributed by atoms with Gasteiger partial charge < -0.3 is 9.64 Å². The lowest BCUT2D eigenvalue weighted by molar-refractivity contribution is -0.129. The molecule has 1 aromatic rings. The number of hydrogen-bond donors (Lipinski definition) is 0. The molecular weight excluding hydrogens is 226 g/mol. The normalized spacial score (nSPS) is 16.7. The molecule has 1 fully saturated rings. The quantitative estimate of drug-likeness (QED) is 0.765. The maximum absolute atomic E-state index is 12.1. The first-order chi connectivity index (χ1) is 8.81. The van der Waals surface area contributed by atoms with E-state index < -0.39 is 0 Å². The van der Waals surface area contributed by atoms with Gasteiger partial charge in [-0.3, -0.25) is 4.79 Å². The van der Waals surface area contributed by atoms with E-state index in [0.29, 0.717) is 26.3 Å². The van der Waals surface area contributed by atoms with Crippen molar-refractivity contribution in [3.05, 3.63) is 42.0 Å². The molecule has 1 saturated heterocycles. The highest BCUT2D eigenvalue weighted by Crippen LogP contribution is 2.18. The number of allylic oxidation sites excluding steroid dienone is 1. The van der Waals surface area contributed by atoms with E-state index in [-0.39, 0.29) is 5.91 Å². The van der Waals surface area contributed by atoms with Crippen LogP contribution in [0.1, 0.15) is 18.9 Å². The van der Waals surface area contributed by atoms with Crippen molar-refractivity contribution in [2.45, 2.75) is 13.3 Å². The summed E-state index contributed by atoms with van der Waals surface area (Å²) in [5, 5.41) is 0. The Balaban J connectivity index is 2.11. The molecule has 0 saturated carbocycles. The number of amides is 1. The molecular formula is C15H19NO2. The van der Waals surface area contributed by atoms with E-state index in [4.69, 9.17) is 4.74 Å². The smallest absolute Gasteiger partial charge is 0.247 e. The molecule has 1 aromatic carbocycles. The van der Waals surface area contributed by atoms with Gasteiger partial charge in [-0.2, -0.15) is 0 Å². The molecule has 0 aromatic heterocycles. The summed E-state index contributed by atoms with van der Waals surface area (Å²) < 4.78 is 5.25. The first kappa shape index (κ1) is 12.8. The van der Waals surface area contributed by atoms with Crippen molar-refractivity contribution in [1.82, 2.24) is 4.90 Å². The van der Waals surface area contributed by atoms with Gasteiger partial charge in [0.25, 0.3) is 0 Å². The number of carbonyl (C=O) groups excluding carboxylic acids is 1. The summed E-state index contributed by atoms with van der Waals surface area (Å²) in [6, 6.07) is 10.1. The molecule has 1 amide bonds. The van der Waals surface area contributed by atoms with Gasteiger partial charge in [0.2, 0.25) is 5.91 Å². The Morgan fingerprint density at radius 2 is 1.94 bits per heavy atom. The Morgan fingerprint density at radius 3 is 2.56 bits per heavy atom. The van der Waals surface area contributed by atoms with Crippen molar-refractivity contribution >= 4 is 11.5 Å². The van der Waals surface area contributed by atoms with Gasteiger partial charge in [0.1, 0.15) is 0 Å². The molecule has 3 nitrogen and oxygen atoms in total. The Kier molecular flexibility index (Phi) is 4.53. The summed E-state index contributed by atoms with van der Waals surface area (Å²) in [6.45, 7) is 4.76. The average Bonchev–Trinajstić information content (AvgIpc) is 2.46. The molecule has 0 atom stereocenters. The lowest BCUT2D eigenvalue weighted by atomic mass is 10.0. The second-order valence-electron chi connectivity index (χ2n) is 4.33. The average molecular weight is 245 g/mol. The Labute approximate surface area is 108 Å². The van der Waals surface area contributed by atoms with E-state index in [9.17, 15) is 4.79 Å². The summed E-state index contributed by atoms with van der Waals surface area (Å²) in [5.74, 6) is 0.0963. The van der Waals surface area contributed by atoms with Gasteiger partial charge in [-0.15, -0.1) is 0 Å². The van der Waals surface area contributed by atoms with E-state index >= 15 is 0 Å². The summed E-state index contributed by atoms with van der Waals surface area (Å²) >= 11 is 0. The molecule has 0 aliphatic carbocycles. The number of morpholine rings is 1. The van der Waals surface area contributed by atoms with Crippen LogP contribution in [0.2, 0.25) is 0 Å². The van der Waals surface area contributed by atoms with Gasteiger partial charge in [-0.1, -0.05) is 37.3 Å². The Hall–Kier alpha value is -1.61. The third-order valence-electron chi connectivity index (χ3n) is 3.15. The highest BCUT2D eigenvalue weighted by Gasteiger charge is 2.15. The fourth-order valence-corrected chi connectivity index (χ4v) is 2.07. The third-order valence-corrected chi connectivity index (χ3v) is 3.15. The van der Waals surface area contributed by atoms with Gasteiger partial charge in [-0.05, 0) is 17.6 Å². The number of hydrogen-bond acceptors (Lipinski definition) is 2. The fraction of sp³-hybridized carbons (Fsp3) is 0.400. The second kappa shape index (κ2) is 6.36. The lowest BCUT2D eigenvalue weighted by Gasteiger charge is -2.26. The summed E-state index contributed by atoms with van der Waals surface area (Å²) in [6.07, 6.45) is 2.63. The summed E-state index contributed by atoms with van der Waals surface area (Å²) in [5.41, 5.74) is 2.22. The van der Waals surface area contributed by atoms with Crippen molar-refractivity contribution < 1.29 is 9.53 Å². The van der Waals surface area contributed by atoms with Crippen LogP contribution in [0.5, 0.6) is 0 Å². The minimum Gasteiger partial charge on any atom is -0.378 e. The predicted octanol–water partition coefficient (Wildman–Crippen LogP) is 2.34. The van der Waals surface area contributed by atoms with Gasteiger partial charge in [0.05, 0.1) is 13.2 Å². The van der Waals surface area contributed by atoms with Gasteiger partial charge in [0.15, 0.2) is 0 Å². The van der Waals surface area contributed by atoms with Crippen molar-refractivity contribution in [2.75, 3.05) is 26.3 Å². The number of benzene rings is 1. The van der Waals surface area contributed by atoms with Gasteiger partial charge in [0, 0.05) is 19.2 Å². The number of nitrogens with zero attached hydrogens (tertiary/aromatic N) is 1. The number of rotatable bonds is 3. The molecule has 0 N–H and O–H groups in total. The largest absolute Gasteiger partial charge is 0.378 e. The first-order valence-electron chi connectivity index (χ1n) is 6.44. The summed E-state index contributed by atoms with van der Waals surface area (Å²) in [7, 11) is 0. The maximum Gasteiger partial charge on any atom is 0.247 e. The van der Waals surface area contributed by atoms with E-state index in [0.717, 1.165) is 17.6 Å². The molecule has 2 rings (SSSR count). The van der Waals surface area contributed by atoms with Crippen LogP contribution in [0.3, 0.4) is 0 Å². The SMILES string of the molecule is CC/C(=C\C(=O)N1CCOCC1)c1ccccc1. The highest BCUT2D eigenvalue weighted by atomic mass is 16.5. The molecule has 18 heavy (non-hydrogen) atoms. The van der Waals surface area contributed by atoms with Crippen LogP contribution < -0.4 is 0 Å². The first-order valence-corrected chi connectivity index (χ1v) is 6.44. The van der Waals surface area contributed by atoms with E-state index in [1.54, 1.807) is 6.08 Å². The number of carbonyl (C=O) groups is 1. The zero-order valence-corrected chi connectivity index (χ0v) is 10.8. The molecule has 0 unspecified atom stereocenters. The van der Waals surface area contributed by atoms with Crippen molar-refractivity contribution in [2.24, 2.45) is 0 Å². The maximum atomic E-state index is 12.1. The topological polar surface area (TPSA) is 29.5 Å². The Morgan fingerprint density at radius 1 is 1.28 bits per heavy atom. The van der Waals surface area contributed by atoms with Gasteiger partial charge in [-0.25, -0.2) is 0 Å². The highest BCUT2D eigenvalue weighted by molar-refractivity contribution is 5.95. The van der Waals surface area contributed by atoms with Crippen molar-refractivity contribution in [3.63, 3.8) is 0 Å². The standard InChI is InChI=1S/C15H19NO2/c1-2-13(14-6-4-3-5-7-14)12-15(17)16-8-10-18-11-9-16/h3-7,12H,2,8-11H2,1H3/b13-12+. The van der Waals surface area contributed by atoms with E-state index in [2.05, 4.69) is 6.92 Å². The van der Waals surface area contributed by atoms with Crippen LogP contribution in [0.15, 0.2) is 36.4 Å². The molecule has 0 bridgehead atoms. The van der Waals surface area contributed by atoms with Crippen LogP contribution in [0.25, 0.3) is 5.57 Å². The molecule has 1 heterocycles. The molecule has 96 valence electrons. The molecule has 1 aliphatic rings. The van der Waals surface area contributed by atoms with Crippen LogP contribution >= 0.6 is 0 Å². The minimum atomic E-state index is 0.0963. The van der Waals surface area contributed by atoms with Crippen LogP contribution in [-0.2, 0) is 9.53 Å². The fourth-order valence-electron chi connectivity index (χ4n) is 2.07. The van der Waals surface area contributed by atoms with E-state index in [1.807, 2.05) is 35.2 Å². The monoisotopic (exact) mass is 245 g/mol. The van der Waals surface area contributed by atoms with Crippen LogP contribution in [-0.4, -0.2) is 37.1 Å². The van der Waals surface area contributed by atoms with Gasteiger partial charge >= 0.3 is 0 Å². The zero-order chi connectivity index (χ0) is 12.8. The minimum absolute atomic E-state index is 0.0963. The Bertz CT molecular complexity index is 419. The van der Waals surface area contributed by atoms with Crippen LogP contribution in [0, 0.1) is 0 Å². The van der Waals surface area contributed by atoms with Crippen molar-refractivity contribution in [1.29, 1.82) is 0 Å². The van der Waals surface area contributed by atoms with Crippen LogP contribution in [0.4, 0.5) is 0 Å². The third kappa shape index (κ3) is 3.20. The molecule has 0 radical (unpaired) electrons. The molecule has 1 aliphatic heterocycles. The molecule has 3 heteroatoms. The number of ether oxygens (including phenoxy) is 1. The van der Waals surface area contributed by atoms with Crippen molar-refractivity contribution in [3.8, 4) is 0 Å². The lowest BCUT2D eigenvalue weighted by Crippen LogP contribution is -2.39. The van der Waals surface area contributed by atoms with E-state index in [1.165, 1.54) is 0 Å². The molecule has 0 spiro atoms. The zero-order valence-electron chi connectivity index (χ0n) is 10.8. The second-order valence-corrected chi connectivity index (χ2v) is 4.33.